The molecule has 1 amide bonds. The van der Waals surface area contributed by atoms with Crippen LogP contribution in [0.1, 0.15) is 40.2 Å². The first kappa shape index (κ1) is 19.4. The molecule has 28 heavy (non-hydrogen) atoms. The molecule has 3 heterocycles. The fourth-order valence-electron chi connectivity index (χ4n) is 3.88. The van der Waals surface area contributed by atoms with Crippen molar-refractivity contribution in [3.05, 3.63) is 51.2 Å². The van der Waals surface area contributed by atoms with Gasteiger partial charge >= 0.3 is 0 Å². The zero-order valence-corrected chi connectivity index (χ0v) is 17.9. The Labute approximate surface area is 173 Å². The van der Waals surface area contributed by atoms with Crippen LogP contribution in [-0.2, 0) is 17.8 Å². The Morgan fingerprint density at radius 1 is 1.39 bits per heavy atom. The smallest absolute Gasteiger partial charge is 0.253 e. The van der Waals surface area contributed by atoms with Crippen LogP contribution in [0.5, 0.6) is 0 Å². The van der Waals surface area contributed by atoms with Crippen LogP contribution in [0, 0.1) is 13.8 Å². The topological polar surface area (TPSA) is 47.4 Å². The van der Waals surface area contributed by atoms with Crippen LogP contribution in [0.3, 0.4) is 0 Å². The van der Waals surface area contributed by atoms with Crippen molar-refractivity contribution < 1.29 is 9.53 Å². The largest absolute Gasteiger partial charge is 0.376 e. The van der Waals surface area contributed by atoms with E-state index in [1.807, 2.05) is 25.2 Å². The Morgan fingerprint density at radius 3 is 2.96 bits per heavy atom. The number of aryl methyl sites for hydroxylation is 1. The standard InChI is InChI=1S/C21H24ClN3O2S/c1-13-9-16(14(2)25(13)12-17-5-4-8-27-17)11-24(3)20(26)15-6-7-18-19(10-15)28-21(22)23-18/h6-7,9-10,17H,4-5,8,11-12H2,1-3H3. The Balaban J connectivity index is 1.50. The van der Waals surface area contributed by atoms with Crippen LogP contribution in [0.25, 0.3) is 10.2 Å². The van der Waals surface area contributed by atoms with E-state index in [9.17, 15) is 4.79 Å². The number of carbonyl (C=O) groups is 1. The molecular weight excluding hydrogens is 394 g/mol. The monoisotopic (exact) mass is 417 g/mol. The number of benzene rings is 1. The molecule has 5 nitrogen and oxygen atoms in total. The highest BCUT2D eigenvalue weighted by Crippen LogP contribution is 2.27. The number of hydrogen-bond donors (Lipinski definition) is 0. The van der Waals surface area contributed by atoms with Gasteiger partial charge in [0.15, 0.2) is 4.47 Å². The van der Waals surface area contributed by atoms with E-state index in [4.69, 9.17) is 16.3 Å². The molecule has 4 rings (SSSR count). The fraction of sp³-hybridized carbons (Fsp3) is 0.429. The second-order valence-electron chi connectivity index (χ2n) is 7.45. The minimum absolute atomic E-state index is 0.00430. The second-order valence-corrected chi connectivity index (χ2v) is 9.07. The SMILES string of the molecule is Cc1cc(CN(C)C(=O)c2ccc3nc(Cl)sc3c2)c(C)n1CC1CCCO1. The van der Waals surface area contributed by atoms with Crippen molar-refractivity contribution in [1.82, 2.24) is 14.5 Å². The van der Waals surface area contributed by atoms with E-state index in [0.717, 1.165) is 36.2 Å². The van der Waals surface area contributed by atoms with Crippen molar-refractivity contribution in [3.63, 3.8) is 0 Å². The van der Waals surface area contributed by atoms with Crippen LogP contribution >= 0.6 is 22.9 Å². The minimum atomic E-state index is -0.00430. The lowest BCUT2D eigenvalue weighted by atomic mass is 10.1. The minimum Gasteiger partial charge on any atom is -0.376 e. The summed E-state index contributed by atoms with van der Waals surface area (Å²) in [5, 5.41) is 0. The van der Waals surface area contributed by atoms with Gasteiger partial charge in [-0.1, -0.05) is 11.6 Å². The number of thiazole rings is 1. The highest BCUT2D eigenvalue weighted by Gasteiger charge is 2.20. The number of ether oxygens (including phenoxy) is 1. The molecule has 2 aromatic heterocycles. The maximum absolute atomic E-state index is 12.9. The first-order chi connectivity index (χ1) is 13.4. The third kappa shape index (κ3) is 3.81. The maximum atomic E-state index is 12.9. The summed E-state index contributed by atoms with van der Waals surface area (Å²) in [7, 11) is 1.85. The van der Waals surface area contributed by atoms with Crippen molar-refractivity contribution in [2.24, 2.45) is 0 Å². The molecular formula is C21H24ClN3O2S. The summed E-state index contributed by atoms with van der Waals surface area (Å²) >= 11 is 7.37. The molecule has 0 saturated carbocycles. The summed E-state index contributed by atoms with van der Waals surface area (Å²) in [6, 6.07) is 7.73. The molecule has 3 aromatic rings. The molecule has 0 bridgehead atoms. The quantitative estimate of drug-likeness (QED) is 0.598. The lowest BCUT2D eigenvalue weighted by Gasteiger charge is -2.18. The van der Waals surface area contributed by atoms with Crippen LogP contribution in [0.4, 0.5) is 0 Å². The summed E-state index contributed by atoms with van der Waals surface area (Å²) in [5.41, 5.74) is 5.07. The van der Waals surface area contributed by atoms with Gasteiger partial charge < -0.3 is 14.2 Å². The third-order valence-electron chi connectivity index (χ3n) is 5.45. The van der Waals surface area contributed by atoms with Crippen LogP contribution < -0.4 is 0 Å². The Hall–Kier alpha value is -1.89. The van der Waals surface area contributed by atoms with Gasteiger partial charge in [-0.05, 0) is 56.5 Å². The lowest BCUT2D eigenvalue weighted by molar-refractivity contribution is 0.0784. The number of carbonyl (C=O) groups excluding carboxylic acids is 1. The van der Waals surface area contributed by atoms with E-state index in [1.165, 1.54) is 28.3 Å². The number of fused-ring (bicyclic) bond motifs is 1. The summed E-state index contributed by atoms with van der Waals surface area (Å²) < 4.78 is 9.53. The molecule has 1 unspecified atom stereocenters. The Morgan fingerprint density at radius 2 is 2.21 bits per heavy atom. The Kier molecular flexibility index (Phi) is 5.45. The van der Waals surface area contributed by atoms with Gasteiger partial charge in [0.25, 0.3) is 5.91 Å². The number of amides is 1. The first-order valence-electron chi connectivity index (χ1n) is 9.51. The number of aromatic nitrogens is 2. The number of halogens is 1. The summed E-state index contributed by atoms with van der Waals surface area (Å²) in [6.45, 7) is 6.57. The normalized spacial score (nSPS) is 16.8. The van der Waals surface area contributed by atoms with Gasteiger partial charge in [0.05, 0.1) is 16.3 Å². The van der Waals surface area contributed by atoms with Crippen molar-refractivity contribution >= 4 is 39.1 Å². The van der Waals surface area contributed by atoms with Crippen LogP contribution in [0.15, 0.2) is 24.3 Å². The van der Waals surface area contributed by atoms with Crippen molar-refractivity contribution in [2.75, 3.05) is 13.7 Å². The summed E-state index contributed by atoms with van der Waals surface area (Å²) in [5.74, 6) is -0.00430. The molecule has 1 saturated heterocycles. The van der Waals surface area contributed by atoms with E-state index >= 15 is 0 Å². The molecule has 7 heteroatoms. The van der Waals surface area contributed by atoms with Gasteiger partial charge in [-0.15, -0.1) is 11.3 Å². The van der Waals surface area contributed by atoms with Gasteiger partial charge in [0.1, 0.15) is 0 Å². The van der Waals surface area contributed by atoms with Crippen LogP contribution in [-0.4, -0.2) is 40.1 Å². The third-order valence-corrected chi connectivity index (χ3v) is 6.57. The Bertz CT molecular complexity index is 1020. The number of rotatable bonds is 5. The summed E-state index contributed by atoms with van der Waals surface area (Å²) in [6.07, 6.45) is 2.56. The predicted molar refractivity (Wildman–Crippen MR) is 113 cm³/mol. The highest BCUT2D eigenvalue weighted by atomic mass is 35.5. The van der Waals surface area contributed by atoms with Crippen LogP contribution in [0.2, 0.25) is 4.47 Å². The van der Waals surface area contributed by atoms with Gasteiger partial charge in [0, 0.05) is 43.7 Å². The first-order valence-corrected chi connectivity index (χ1v) is 10.7. The molecule has 1 aliphatic rings. The molecule has 1 aromatic carbocycles. The van der Waals surface area contributed by atoms with Crippen molar-refractivity contribution in [3.8, 4) is 0 Å². The van der Waals surface area contributed by atoms with E-state index in [2.05, 4.69) is 29.5 Å². The number of hydrogen-bond acceptors (Lipinski definition) is 4. The molecule has 148 valence electrons. The van der Waals surface area contributed by atoms with Gasteiger partial charge in [-0.2, -0.15) is 0 Å². The fourth-order valence-corrected chi connectivity index (χ4v) is 4.95. The lowest BCUT2D eigenvalue weighted by Crippen LogP contribution is -2.26. The van der Waals surface area contributed by atoms with E-state index in [0.29, 0.717) is 22.7 Å². The molecule has 0 radical (unpaired) electrons. The maximum Gasteiger partial charge on any atom is 0.253 e. The van der Waals surface area contributed by atoms with E-state index in [-0.39, 0.29) is 5.91 Å². The van der Waals surface area contributed by atoms with Gasteiger partial charge in [-0.3, -0.25) is 4.79 Å². The molecule has 1 atom stereocenters. The molecule has 0 spiro atoms. The average molecular weight is 418 g/mol. The number of nitrogens with zero attached hydrogens (tertiary/aromatic N) is 3. The molecule has 0 aliphatic carbocycles. The van der Waals surface area contributed by atoms with Gasteiger partial charge in [0.2, 0.25) is 0 Å². The second kappa shape index (κ2) is 7.85. The zero-order chi connectivity index (χ0) is 19.8. The van der Waals surface area contributed by atoms with E-state index < -0.39 is 0 Å². The van der Waals surface area contributed by atoms with Crippen molar-refractivity contribution in [1.29, 1.82) is 0 Å². The molecule has 1 fully saturated rings. The van der Waals surface area contributed by atoms with E-state index in [1.54, 1.807) is 4.90 Å². The zero-order valence-electron chi connectivity index (χ0n) is 16.4. The molecule has 1 aliphatic heterocycles. The molecule has 0 N–H and O–H groups in total. The van der Waals surface area contributed by atoms with Crippen molar-refractivity contribution in [2.45, 2.75) is 45.9 Å². The average Bonchev–Trinajstić information content (AvgIpc) is 3.36. The highest BCUT2D eigenvalue weighted by molar-refractivity contribution is 7.22. The summed E-state index contributed by atoms with van der Waals surface area (Å²) in [4.78, 5) is 18.9. The predicted octanol–water partition coefficient (Wildman–Crippen LogP) is 4.82. The van der Waals surface area contributed by atoms with Gasteiger partial charge in [-0.25, -0.2) is 4.98 Å².